The minimum atomic E-state index is -0.335. The summed E-state index contributed by atoms with van der Waals surface area (Å²) in [6.07, 6.45) is 2.90. The van der Waals surface area contributed by atoms with Crippen LogP contribution < -0.4 is 5.32 Å². The number of carbonyl (C=O) groups excluding carboxylic acids is 1. The van der Waals surface area contributed by atoms with Gasteiger partial charge in [-0.3, -0.25) is 4.79 Å². The highest BCUT2D eigenvalue weighted by atomic mass is 16.3. The van der Waals surface area contributed by atoms with Crippen LogP contribution in [0.2, 0.25) is 0 Å². The van der Waals surface area contributed by atoms with E-state index in [1.165, 1.54) is 0 Å². The summed E-state index contributed by atoms with van der Waals surface area (Å²) in [6, 6.07) is 0. The van der Waals surface area contributed by atoms with Crippen molar-refractivity contribution < 1.29 is 9.90 Å². The van der Waals surface area contributed by atoms with E-state index in [0.29, 0.717) is 18.4 Å². The Morgan fingerprint density at radius 1 is 1.47 bits per heavy atom. The lowest BCUT2D eigenvalue weighted by Crippen LogP contribution is -2.38. The van der Waals surface area contributed by atoms with Crippen molar-refractivity contribution in [2.45, 2.75) is 46.1 Å². The molecule has 0 radical (unpaired) electrons. The van der Waals surface area contributed by atoms with E-state index in [1.807, 2.05) is 6.92 Å². The van der Waals surface area contributed by atoms with Gasteiger partial charge < -0.3 is 10.4 Å². The molecule has 1 rings (SSSR count). The first kappa shape index (κ1) is 12.5. The van der Waals surface area contributed by atoms with Gasteiger partial charge in [0.1, 0.15) is 0 Å². The van der Waals surface area contributed by atoms with Gasteiger partial charge in [-0.15, -0.1) is 0 Å². The number of amides is 1. The lowest BCUT2D eigenvalue weighted by molar-refractivity contribution is -0.126. The molecule has 0 aromatic heterocycles. The smallest absolute Gasteiger partial charge is 0.223 e. The maximum absolute atomic E-state index is 11.7. The SMILES string of the molecule is CCC(C)C(C)C(=O)NCC(O)C1CC1. The van der Waals surface area contributed by atoms with Crippen molar-refractivity contribution in [1.82, 2.24) is 5.32 Å². The average molecular weight is 213 g/mol. The fraction of sp³-hybridized carbons (Fsp3) is 0.917. The fourth-order valence-electron chi connectivity index (χ4n) is 1.63. The second-order valence-electron chi connectivity index (χ2n) is 4.82. The van der Waals surface area contributed by atoms with E-state index >= 15 is 0 Å². The van der Waals surface area contributed by atoms with Gasteiger partial charge in [0.05, 0.1) is 6.10 Å². The molecule has 1 aliphatic rings. The first-order valence-electron chi connectivity index (χ1n) is 6.02. The van der Waals surface area contributed by atoms with Gasteiger partial charge in [-0.1, -0.05) is 27.2 Å². The summed E-state index contributed by atoms with van der Waals surface area (Å²) >= 11 is 0. The minimum absolute atomic E-state index is 0.0430. The van der Waals surface area contributed by atoms with Gasteiger partial charge in [-0.25, -0.2) is 0 Å². The molecule has 0 aromatic rings. The minimum Gasteiger partial charge on any atom is -0.391 e. The summed E-state index contributed by atoms with van der Waals surface area (Å²) in [7, 11) is 0. The van der Waals surface area contributed by atoms with Crippen LogP contribution in [0.5, 0.6) is 0 Å². The molecule has 1 fully saturated rings. The number of nitrogens with one attached hydrogen (secondary N) is 1. The Hall–Kier alpha value is -0.570. The van der Waals surface area contributed by atoms with E-state index in [1.54, 1.807) is 0 Å². The Morgan fingerprint density at radius 3 is 2.53 bits per heavy atom. The number of aliphatic hydroxyl groups is 1. The molecule has 3 heteroatoms. The van der Waals surface area contributed by atoms with Gasteiger partial charge in [-0.05, 0) is 24.7 Å². The number of aliphatic hydroxyl groups excluding tert-OH is 1. The highest BCUT2D eigenvalue weighted by molar-refractivity contribution is 5.78. The van der Waals surface area contributed by atoms with Gasteiger partial charge in [0, 0.05) is 12.5 Å². The summed E-state index contributed by atoms with van der Waals surface area (Å²) < 4.78 is 0. The van der Waals surface area contributed by atoms with E-state index in [0.717, 1.165) is 19.3 Å². The van der Waals surface area contributed by atoms with Crippen LogP contribution >= 0.6 is 0 Å². The second-order valence-corrected chi connectivity index (χ2v) is 4.82. The highest BCUT2D eigenvalue weighted by Crippen LogP contribution is 2.32. The first-order chi connectivity index (χ1) is 7.06. The average Bonchev–Trinajstić information content (AvgIpc) is 3.06. The Balaban J connectivity index is 2.22. The summed E-state index contributed by atoms with van der Waals surface area (Å²) in [5, 5.41) is 12.4. The largest absolute Gasteiger partial charge is 0.391 e. The predicted octanol–water partition coefficient (Wildman–Crippen LogP) is 1.56. The van der Waals surface area contributed by atoms with Crippen molar-refractivity contribution in [2.24, 2.45) is 17.8 Å². The standard InChI is InChI=1S/C12H23NO2/c1-4-8(2)9(3)12(15)13-7-11(14)10-5-6-10/h8-11,14H,4-7H2,1-3H3,(H,13,15). The van der Waals surface area contributed by atoms with Crippen LogP contribution in [0.15, 0.2) is 0 Å². The molecule has 15 heavy (non-hydrogen) atoms. The Morgan fingerprint density at radius 2 is 2.07 bits per heavy atom. The monoisotopic (exact) mass is 213 g/mol. The van der Waals surface area contributed by atoms with Crippen molar-refractivity contribution in [3.63, 3.8) is 0 Å². The molecule has 0 saturated heterocycles. The van der Waals surface area contributed by atoms with E-state index in [9.17, 15) is 9.90 Å². The molecular formula is C12H23NO2. The quantitative estimate of drug-likeness (QED) is 0.703. The first-order valence-corrected chi connectivity index (χ1v) is 6.02. The van der Waals surface area contributed by atoms with Gasteiger partial charge in [0.2, 0.25) is 5.91 Å². The molecule has 1 saturated carbocycles. The molecule has 1 amide bonds. The summed E-state index contributed by atoms with van der Waals surface area (Å²) in [5.41, 5.74) is 0. The molecule has 0 bridgehead atoms. The van der Waals surface area contributed by atoms with Crippen LogP contribution in [0.1, 0.15) is 40.0 Å². The van der Waals surface area contributed by atoms with Crippen LogP contribution in [-0.4, -0.2) is 23.7 Å². The molecule has 3 nitrogen and oxygen atoms in total. The van der Waals surface area contributed by atoms with Crippen molar-refractivity contribution in [1.29, 1.82) is 0 Å². The summed E-state index contributed by atoms with van der Waals surface area (Å²) in [6.45, 7) is 6.55. The third kappa shape index (κ3) is 3.82. The van der Waals surface area contributed by atoms with Crippen molar-refractivity contribution in [2.75, 3.05) is 6.54 Å². The van der Waals surface area contributed by atoms with Gasteiger partial charge in [0.15, 0.2) is 0 Å². The molecule has 0 aromatic carbocycles. The van der Waals surface area contributed by atoms with E-state index < -0.39 is 0 Å². The lowest BCUT2D eigenvalue weighted by atomic mass is 9.93. The number of carbonyl (C=O) groups is 1. The Labute approximate surface area is 92.3 Å². The molecule has 1 aliphatic carbocycles. The molecule has 3 unspecified atom stereocenters. The third-order valence-corrected chi connectivity index (χ3v) is 3.56. The zero-order chi connectivity index (χ0) is 11.4. The normalized spacial score (nSPS) is 21.9. The Kier molecular flexibility index (Phi) is 4.58. The maximum atomic E-state index is 11.7. The van der Waals surface area contributed by atoms with Crippen molar-refractivity contribution in [3.8, 4) is 0 Å². The third-order valence-electron chi connectivity index (χ3n) is 3.56. The molecule has 2 N–H and O–H groups in total. The fourth-order valence-corrected chi connectivity index (χ4v) is 1.63. The molecular weight excluding hydrogens is 190 g/mol. The topological polar surface area (TPSA) is 49.3 Å². The van der Waals surface area contributed by atoms with E-state index in [4.69, 9.17) is 0 Å². The van der Waals surface area contributed by atoms with Gasteiger partial charge >= 0.3 is 0 Å². The number of hydrogen-bond acceptors (Lipinski definition) is 2. The summed E-state index contributed by atoms with van der Waals surface area (Å²) in [5.74, 6) is 0.956. The molecule has 0 heterocycles. The van der Waals surface area contributed by atoms with E-state index in [-0.39, 0.29) is 17.9 Å². The van der Waals surface area contributed by atoms with Gasteiger partial charge in [-0.2, -0.15) is 0 Å². The van der Waals surface area contributed by atoms with Crippen LogP contribution in [0.4, 0.5) is 0 Å². The molecule has 3 atom stereocenters. The molecule has 0 spiro atoms. The Bertz CT molecular complexity index is 214. The molecule has 88 valence electrons. The highest BCUT2D eigenvalue weighted by Gasteiger charge is 2.30. The van der Waals surface area contributed by atoms with E-state index in [2.05, 4.69) is 19.2 Å². The van der Waals surface area contributed by atoms with Crippen LogP contribution in [0.25, 0.3) is 0 Å². The predicted molar refractivity (Wildman–Crippen MR) is 60.4 cm³/mol. The van der Waals surface area contributed by atoms with Gasteiger partial charge in [0.25, 0.3) is 0 Å². The second kappa shape index (κ2) is 5.50. The van der Waals surface area contributed by atoms with Crippen molar-refractivity contribution >= 4 is 5.91 Å². The lowest BCUT2D eigenvalue weighted by Gasteiger charge is -2.19. The molecule has 0 aliphatic heterocycles. The number of hydrogen-bond donors (Lipinski definition) is 2. The van der Waals surface area contributed by atoms with Crippen molar-refractivity contribution in [3.05, 3.63) is 0 Å². The maximum Gasteiger partial charge on any atom is 0.223 e. The van der Waals surface area contributed by atoms with Crippen LogP contribution in [0.3, 0.4) is 0 Å². The zero-order valence-corrected chi connectivity index (χ0v) is 9.99. The van der Waals surface area contributed by atoms with Crippen LogP contribution in [-0.2, 0) is 4.79 Å². The number of rotatable bonds is 6. The zero-order valence-electron chi connectivity index (χ0n) is 9.99. The summed E-state index contributed by atoms with van der Waals surface area (Å²) in [4.78, 5) is 11.7. The van der Waals surface area contributed by atoms with Crippen LogP contribution in [0, 0.1) is 17.8 Å².